The van der Waals surface area contributed by atoms with E-state index in [0.717, 1.165) is 13.0 Å². The maximum Gasteiger partial charge on any atom is 0.416 e. The summed E-state index contributed by atoms with van der Waals surface area (Å²) in [5.74, 6) is -0.127. The first kappa shape index (κ1) is 20.0. The molecule has 1 unspecified atom stereocenters. The molecule has 10 heteroatoms. The highest BCUT2D eigenvalue weighted by molar-refractivity contribution is 5.98. The number of esters is 1. The molecule has 0 bridgehead atoms. The molecule has 1 fully saturated rings. The summed E-state index contributed by atoms with van der Waals surface area (Å²) in [5, 5.41) is 3.25. The summed E-state index contributed by atoms with van der Waals surface area (Å²) >= 11 is 0. The number of aryl methyl sites for hydroxylation is 1. The van der Waals surface area contributed by atoms with Gasteiger partial charge >= 0.3 is 12.1 Å². The van der Waals surface area contributed by atoms with Gasteiger partial charge in [0.15, 0.2) is 17.0 Å². The van der Waals surface area contributed by atoms with Crippen LogP contribution in [0.4, 0.5) is 10.6 Å². The first-order valence-corrected chi connectivity index (χ1v) is 9.29. The van der Waals surface area contributed by atoms with Crippen LogP contribution < -0.4 is 10.2 Å². The minimum Gasteiger partial charge on any atom is -0.463 e. The number of imidazole rings is 1. The van der Waals surface area contributed by atoms with E-state index in [-0.39, 0.29) is 11.9 Å². The number of rotatable bonds is 4. The predicted molar refractivity (Wildman–Crippen MR) is 102 cm³/mol. The Morgan fingerprint density at radius 1 is 1.36 bits per heavy atom. The van der Waals surface area contributed by atoms with Crippen molar-refractivity contribution in [1.82, 2.24) is 24.8 Å². The third-order valence-corrected chi connectivity index (χ3v) is 4.41. The van der Waals surface area contributed by atoms with E-state index in [9.17, 15) is 9.59 Å². The zero-order valence-electron chi connectivity index (χ0n) is 16.9. The fraction of sp³-hybridized carbons (Fsp3) is 0.611. The molecule has 3 heterocycles. The van der Waals surface area contributed by atoms with Gasteiger partial charge in [0.1, 0.15) is 11.9 Å². The smallest absolute Gasteiger partial charge is 0.416 e. The molecule has 0 radical (unpaired) electrons. The average molecular weight is 390 g/mol. The molecule has 1 atom stereocenters. The lowest BCUT2D eigenvalue weighted by Gasteiger charge is -2.30. The van der Waals surface area contributed by atoms with Gasteiger partial charge in [-0.05, 0) is 40.7 Å². The minimum atomic E-state index is -0.659. The van der Waals surface area contributed by atoms with Gasteiger partial charge < -0.3 is 19.4 Å². The Hall–Kier alpha value is -2.75. The van der Waals surface area contributed by atoms with Gasteiger partial charge in [0.05, 0.1) is 13.2 Å². The highest BCUT2D eigenvalue weighted by atomic mass is 16.6. The number of nitrogens with one attached hydrogen (secondary N) is 1. The number of hydrogen-bond donors (Lipinski definition) is 1. The number of fused-ring (bicyclic) bond motifs is 1. The molecular formula is C18H26N6O4. The van der Waals surface area contributed by atoms with E-state index in [1.165, 1.54) is 18.3 Å². The summed E-state index contributed by atoms with van der Waals surface area (Å²) in [4.78, 5) is 39.7. The Balaban J connectivity index is 2.15. The first-order valence-electron chi connectivity index (χ1n) is 9.29. The number of hydrogen-bond acceptors (Lipinski definition) is 8. The number of amides is 1. The molecule has 1 aliphatic heterocycles. The van der Waals surface area contributed by atoms with Gasteiger partial charge in [-0.2, -0.15) is 0 Å². The number of nitrogens with zero attached hydrogens (tertiary/aromatic N) is 5. The zero-order valence-corrected chi connectivity index (χ0v) is 16.9. The molecule has 0 spiro atoms. The lowest BCUT2D eigenvalue weighted by Crippen LogP contribution is -2.45. The van der Waals surface area contributed by atoms with E-state index >= 15 is 0 Å². The molecule has 10 nitrogen and oxygen atoms in total. The van der Waals surface area contributed by atoms with Crippen molar-refractivity contribution in [3.63, 3.8) is 0 Å². The molecule has 2 aromatic rings. The SMILES string of the molecule is CCn1c(C(=O)OC)nc2c(N(C(=O)OC(C)(C)C)C3CCNC3)ncnc21. The van der Waals surface area contributed by atoms with Crippen LogP contribution >= 0.6 is 0 Å². The van der Waals surface area contributed by atoms with E-state index in [4.69, 9.17) is 9.47 Å². The van der Waals surface area contributed by atoms with E-state index in [1.807, 2.05) is 27.7 Å². The standard InChI is InChI=1S/C18H26N6O4/c1-6-23-13-12(22-15(23)16(25)27-5)14(21-10-20-13)24(11-7-8-19-9-11)17(26)28-18(2,3)4/h10-11,19H,6-9H2,1-5H3. The van der Waals surface area contributed by atoms with Crippen LogP contribution in [0.3, 0.4) is 0 Å². The van der Waals surface area contributed by atoms with E-state index < -0.39 is 17.7 Å². The second-order valence-corrected chi connectivity index (χ2v) is 7.54. The van der Waals surface area contributed by atoms with Gasteiger partial charge in [0.2, 0.25) is 5.82 Å². The molecule has 2 aromatic heterocycles. The van der Waals surface area contributed by atoms with Crippen molar-refractivity contribution in [3.8, 4) is 0 Å². The molecule has 1 saturated heterocycles. The van der Waals surface area contributed by atoms with E-state index in [2.05, 4.69) is 20.3 Å². The highest BCUT2D eigenvalue weighted by Crippen LogP contribution is 2.28. The van der Waals surface area contributed by atoms with Crippen LogP contribution in [-0.2, 0) is 16.0 Å². The van der Waals surface area contributed by atoms with Crippen LogP contribution in [0, 0.1) is 0 Å². The predicted octanol–water partition coefficient (Wildman–Crippen LogP) is 1.74. The fourth-order valence-corrected chi connectivity index (χ4v) is 3.23. The van der Waals surface area contributed by atoms with Crippen molar-refractivity contribution in [2.24, 2.45) is 0 Å². The molecule has 0 aliphatic carbocycles. The lowest BCUT2D eigenvalue weighted by atomic mass is 10.2. The Bertz CT molecular complexity index is 882. The van der Waals surface area contributed by atoms with Gasteiger partial charge in [-0.3, -0.25) is 4.90 Å². The summed E-state index contributed by atoms with van der Waals surface area (Å²) < 4.78 is 12.1. The van der Waals surface area contributed by atoms with Crippen LogP contribution in [-0.4, -0.2) is 63.4 Å². The molecule has 0 saturated carbocycles. The number of methoxy groups -OCH3 is 1. The highest BCUT2D eigenvalue weighted by Gasteiger charge is 2.35. The molecular weight excluding hydrogens is 364 g/mol. The number of carbonyl (C=O) groups excluding carboxylic acids is 2. The minimum absolute atomic E-state index is 0.121. The number of anilines is 1. The quantitative estimate of drug-likeness (QED) is 0.786. The third kappa shape index (κ3) is 3.77. The molecule has 3 rings (SSSR count). The van der Waals surface area contributed by atoms with Crippen LogP contribution in [0.5, 0.6) is 0 Å². The van der Waals surface area contributed by atoms with E-state index in [0.29, 0.717) is 30.1 Å². The Labute approximate surface area is 163 Å². The van der Waals surface area contributed by atoms with E-state index in [1.54, 1.807) is 4.57 Å². The molecule has 1 amide bonds. The molecule has 28 heavy (non-hydrogen) atoms. The second-order valence-electron chi connectivity index (χ2n) is 7.54. The van der Waals surface area contributed by atoms with Crippen LogP contribution in [0.1, 0.15) is 44.7 Å². The monoisotopic (exact) mass is 390 g/mol. The summed E-state index contributed by atoms with van der Waals surface area (Å²) in [5.41, 5.74) is 0.169. The van der Waals surface area contributed by atoms with Crippen molar-refractivity contribution >= 4 is 29.0 Å². The van der Waals surface area contributed by atoms with Crippen molar-refractivity contribution in [3.05, 3.63) is 12.2 Å². The summed E-state index contributed by atoms with van der Waals surface area (Å²) in [6, 6.07) is -0.138. The van der Waals surface area contributed by atoms with Gasteiger partial charge in [-0.15, -0.1) is 0 Å². The molecule has 152 valence electrons. The van der Waals surface area contributed by atoms with Gasteiger partial charge in [0, 0.05) is 13.1 Å². The number of ether oxygens (including phenoxy) is 2. The molecule has 1 N–H and O–H groups in total. The van der Waals surface area contributed by atoms with Crippen molar-refractivity contribution in [2.75, 3.05) is 25.1 Å². The third-order valence-electron chi connectivity index (χ3n) is 4.41. The maximum atomic E-state index is 13.0. The fourth-order valence-electron chi connectivity index (χ4n) is 3.23. The summed E-state index contributed by atoms with van der Waals surface area (Å²) in [7, 11) is 1.30. The van der Waals surface area contributed by atoms with Crippen LogP contribution in [0.2, 0.25) is 0 Å². The largest absolute Gasteiger partial charge is 0.463 e. The van der Waals surface area contributed by atoms with Gasteiger partial charge in [-0.25, -0.2) is 24.5 Å². The average Bonchev–Trinajstić information content (AvgIpc) is 3.27. The number of carbonyl (C=O) groups is 2. The van der Waals surface area contributed by atoms with Crippen molar-refractivity contribution < 1.29 is 19.1 Å². The number of aromatic nitrogens is 4. The normalized spacial score (nSPS) is 17.0. The first-order chi connectivity index (χ1) is 13.3. The van der Waals surface area contributed by atoms with Crippen molar-refractivity contribution in [2.45, 2.75) is 52.3 Å². The molecule has 0 aromatic carbocycles. The topological polar surface area (TPSA) is 111 Å². The second kappa shape index (κ2) is 7.70. The Kier molecular flexibility index (Phi) is 5.50. The Morgan fingerprint density at radius 3 is 2.68 bits per heavy atom. The maximum absolute atomic E-state index is 13.0. The van der Waals surface area contributed by atoms with Crippen molar-refractivity contribution in [1.29, 1.82) is 0 Å². The lowest BCUT2D eigenvalue weighted by molar-refractivity contribution is 0.0563. The zero-order chi connectivity index (χ0) is 20.5. The van der Waals surface area contributed by atoms with Gasteiger partial charge in [0.25, 0.3) is 0 Å². The molecule has 1 aliphatic rings. The van der Waals surface area contributed by atoms with Crippen LogP contribution in [0.15, 0.2) is 6.33 Å². The Morgan fingerprint density at radius 2 is 2.11 bits per heavy atom. The van der Waals surface area contributed by atoms with Gasteiger partial charge in [-0.1, -0.05) is 0 Å². The summed E-state index contributed by atoms with van der Waals surface area (Å²) in [6.45, 7) is 9.18. The summed E-state index contributed by atoms with van der Waals surface area (Å²) in [6.07, 6.45) is 1.61. The van der Waals surface area contributed by atoms with Crippen LogP contribution in [0.25, 0.3) is 11.2 Å².